The lowest BCUT2D eigenvalue weighted by atomic mass is 9.72. The molecule has 12 aromatic carbocycles. The van der Waals surface area contributed by atoms with Gasteiger partial charge < -0.3 is 15.7 Å². The van der Waals surface area contributed by atoms with Gasteiger partial charge in [0.1, 0.15) is 0 Å². The summed E-state index contributed by atoms with van der Waals surface area (Å²) in [5.74, 6) is -0.833. The predicted octanol–water partition coefficient (Wildman–Crippen LogP) is 29.2. The summed E-state index contributed by atoms with van der Waals surface area (Å²) in [5, 5.41) is 18.3. The average Bonchev–Trinajstić information content (AvgIpc) is 0.826. The highest BCUT2D eigenvalue weighted by molar-refractivity contribution is 5.63. The SMILES string of the molecule is CC.CC(=O)O.CC(C)(C)CC(C)(C)c1ccc(Nc2ccc(C(C)(C)CC(C)(C)C)cc2)cc1.CC(C)(NC(C)(C)c1ccccc1)c1ccccc1.CC(C)(c1ccccc1)c1ccc(Nc2ccc(C(C)(C)c3ccccc3)cc2)cc1.c1ccccc1.c1ccccc1.c1ccccc1.c1ccccc1. The van der Waals surface area contributed by atoms with E-state index < -0.39 is 5.97 Å². The Morgan fingerprint density at radius 1 is 0.239 bits per heavy atom. The molecule has 0 saturated carbocycles. The maximum absolute atomic E-state index is 9.00. The Morgan fingerprint density at radius 2 is 0.385 bits per heavy atom. The number of nitrogens with one attached hydrogen (secondary N) is 3. The zero-order chi connectivity index (χ0) is 80.5. The Kier molecular flexibility index (Phi) is 38.0. The van der Waals surface area contributed by atoms with Gasteiger partial charge in [-0.1, -0.05) is 426 Å². The highest BCUT2D eigenvalue weighted by Crippen LogP contribution is 2.40. The summed E-state index contributed by atoms with van der Waals surface area (Å²) in [5.41, 5.74) is 16.0. The minimum atomic E-state index is -0.833. The third kappa shape index (κ3) is 35.1. The Morgan fingerprint density at radius 3 is 0.560 bits per heavy atom. The van der Waals surface area contributed by atoms with Gasteiger partial charge in [0.2, 0.25) is 0 Å². The first-order valence-corrected chi connectivity index (χ1v) is 38.8. The maximum atomic E-state index is 9.00. The Balaban J connectivity index is 0.000000292. The monoisotopic (exact) mass is 1450 g/mol. The van der Waals surface area contributed by atoms with Gasteiger partial charge in [-0.25, -0.2) is 0 Å². The van der Waals surface area contributed by atoms with E-state index in [9.17, 15) is 0 Å². The van der Waals surface area contributed by atoms with Crippen LogP contribution in [0, 0.1) is 10.8 Å². The van der Waals surface area contributed by atoms with E-state index in [0.29, 0.717) is 10.8 Å². The molecule has 0 bridgehead atoms. The van der Waals surface area contributed by atoms with Crippen LogP contribution < -0.4 is 16.0 Å². The smallest absolute Gasteiger partial charge is 0.300 e. The third-order valence-electron chi connectivity index (χ3n) is 18.3. The molecule has 0 aliphatic heterocycles. The Labute approximate surface area is 660 Å². The van der Waals surface area contributed by atoms with Crippen LogP contribution >= 0.6 is 0 Å². The molecule has 5 nitrogen and oxygen atoms in total. The number of carbonyl (C=O) groups is 1. The van der Waals surface area contributed by atoms with Crippen LogP contribution in [-0.4, -0.2) is 11.1 Å². The van der Waals surface area contributed by atoms with Gasteiger partial charge in [0, 0.05) is 51.6 Å². The molecule has 0 saturated heterocycles. The lowest BCUT2D eigenvalue weighted by Crippen LogP contribution is -2.48. The number of carboxylic acid groups (broad SMARTS) is 1. The lowest BCUT2D eigenvalue weighted by molar-refractivity contribution is -0.134. The molecule has 0 fully saturated rings. The molecule has 574 valence electrons. The normalized spacial score (nSPS) is 11.2. The van der Waals surface area contributed by atoms with Crippen LogP contribution in [0.3, 0.4) is 0 Å². The van der Waals surface area contributed by atoms with Gasteiger partial charge in [0.25, 0.3) is 5.97 Å². The van der Waals surface area contributed by atoms with Gasteiger partial charge in [-0.2, -0.15) is 0 Å². The van der Waals surface area contributed by atoms with Gasteiger partial charge in [-0.3, -0.25) is 10.1 Å². The van der Waals surface area contributed by atoms with E-state index in [4.69, 9.17) is 9.90 Å². The Hall–Kier alpha value is -10.3. The molecule has 0 amide bonds. The molecule has 0 aliphatic carbocycles. The van der Waals surface area contributed by atoms with E-state index in [2.05, 4.69) is 359 Å². The Bertz CT molecular complexity index is 3810. The van der Waals surface area contributed by atoms with Crippen molar-refractivity contribution in [2.24, 2.45) is 10.8 Å². The molecule has 5 heteroatoms. The van der Waals surface area contributed by atoms with Crippen molar-refractivity contribution in [3.63, 3.8) is 0 Å². The second-order valence-electron chi connectivity index (χ2n) is 33.0. The number of hydrogen-bond acceptors (Lipinski definition) is 4. The zero-order valence-corrected chi connectivity index (χ0v) is 69.9. The van der Waals surface area contributed by atoms with E-state index in [1.165, 1.54) is 57.3 Å². The zero-order valence-electron chi connectivity index (χ0n) is 69.9. The third-order valence-corrected chi connectivity index (χ3v) is 18.3. The summed E-state index contributed by atoms with van der Waals surface area (Å²) in [4.78, 5) is 9.00. The molecule has 0 radical (unpaired) electrons. The molecule has 4 N–H and O–H groups in total. The number of aliphatic carboxylic acids is 1. The topological polar surface area (TPSA) is 73.4 Å². The standard InChI is InChI=1S/C30H31N.C28H43N.C18H23N.4C6H6.C2H4O2.C2H6/c1-29(2,23-11-7-5-8-12-23)25-15-19-27(20-16-25)31-28-21-17-26(18-22-28)30(3,4)24-13-9-6-10-14-24;1-25(2,3)19-27(7,8)21-11-15-23(16-12-21)29-24-17-13-22(14-18-24)28(9,10)20-26(4,5)6;1-17(2,15-11-7-5-8-12-15)19-18(3,4)16-13-9-6-10-14-16;4*1-2-4-6-5-3-1;1-2(3)4;1-2/h5-22,31H,1-4H3;11-18,29H,19-20H2,1-10H3;5-14,19H,1-4H3;4*1-6H;1H3,(H,3,4);1-2H3. The second kappa shape index (κ2) is 45.5. The maximum Gasteiger partial charge on any atom is 0.300 e. The number of rotatable bonds is 16. The van der Waals surface area contributed by atoms with Gasteiger partial charge in [-0.15, -0.1) is 0 Å². The van der Waals surface area contributed by atoms with E-state index >= 15 is 0 Å². The highest BCUT2D eigenvalue weighted by Gasteiger charge is 2.31. The van der Waals surface area contributed by atoms with E-state index in [1.54, 1.807) is 0 Å². The van der Waals surface area contributed by atoms with Crippen molar-refractivity contribution in [3.05, 3.63) is 408 Å². The molecule has 0 unspecified atom stereocenters. The van der Waals surface area contributed by atoms with Crippen molar-refractivity contribution in [3.8, 4) is 0 Å². The molecule has 0 aromatic heterocycles. The summed E-state index contributed by atoms with van der Waals surface area (Å²) >= 11 is 0. The molecule has 0 aliphatic rings. The first-order valence-electron chi connectivity index (χ1n) is 38.8. The largest absolute Gasteiger partial charge is 0.481 e. The van der Waals surface area contributed by atoms with Crippen molar-refractivity contribution in [2.45, 2.75) is 191 Å². The quantitative estimate of drug-likeness (QED) is 0.0776. The second-order valence-corrected chi connectivity index (χ2v) is 33.0. The van der Waals surface area contributed by atoms with E-state index in [1.807, 2.05) is 159 Å². The van der Waals surface area contributed by atoms with Crippen molar-refractivity contribution in [1.29, 1.82) is 0 Å². The molecule has 0 heterocycles. The van der Waals surface area contributed by atoms with Crippen LogP contribution in [0.4, 0.5) is 22.7 Å². The summed E-state index contributed by atoms with van der Waals surface area (Å²) in [6, 6.07) is 126. The predicted molar refractivity (Wildman–Crippen MR) is 476 cm³/mol. The van der Waals surface area contributed by atoms with Crippen LogP contribution in [0.25, 0.3) is 0 Å². The number of hydrogen-bond donors (Lipinski definition) is 4. The molecule has 0 atom stereocenters. The van der Waals surface area contributed by atoms with Crippen molar-refractivity contribution in [1.82, 2.24) is 5.32 Å². The number of anilines is 4. The van der Waals surface area contributed by atoms with E-state index in [-0.39, 0.29) is 32.7 Å². The van der Waals surface area contributed by atoms with Crippen LogP contribution in [0.5, 0.6) is 0 Å². The molecular formula is C104H131N3O2. The van der Waals surface area contributed by atoms with Gasteiger partial charge in [0.05, 0.1) is 0 Å². The van der Waals surface area contributed by atoms with Crippen molar-refractivity contribution in [2.75, 3.05) is 10.6 Å². The van der Waals surface area contributed by atoms with Crippen LogP contribution in [0.2, 0.25) is 0 Å². The van der Waals surface area contributed by atoms with Crippen LogP contribution in [0.15, 0.2) is 364 Å². The van der Waals surface area contributed by atoms with Gasteiger partial charge in [-0.05, 0) is 155 Å². The molecule has 0 spiro atoms. The molecule has 12 aromatic rings. The van der Waals surface area contributed by atoms with Crippen molar-refractivity contribution >= 4 is 28.7 Å². The average molecular weight is 1460 g/mol. The minimum Gasteiger partial charge on any atom is -0.481 e. The summed E-state index contributed by atoms with van der Waals surface area (Å²) in [7, 11) is 0. The fourth-order valence-electron chi connectivity index (χ4n) is 13.4. The summed E-state index contributed by atoms with van der Waals surface area (Å²) in [6.45, 7) is 46.4. The molecular weight excluding hydrogens is 1320 g/mol. The lowest BCUT2D eigenvalue weighted by Gasteiger charge is -2.38. The highest BCUT2D eigenvalue weighted by atomic mass is 16.4. The number of benzene rings is 12. The van der Waals surface area contributed by atoms with Gasteiger partial charge >= 0.3 is 0 Å². The summed E-state index contributed by atoms with van der Waals surface area (Å²) in [6.07, 6.45) is 2.33. The fourth-order valence-corrected chi connectivity index (χ4v) is 13.4. The molecule has 109 heavy (non-hydrogen) atoms. The summed E-state index contributed by atoms with van der Waals surface area (Å²) < 4.78 is 0. The molecule has 12 rings (SSSR count). The van der Waals surface area contributed by atoms with Gasteiger partial charge in [0.15, 0.2) is 0 Å². The van der Waals surface area contributed by atoms with E-state index in [0.717, 1.165) is 29.7 Å². The first kappa shape index (κ1) is 91.1. The van der Waals surface area contributed by atoms with Crippen LogP contribution in [0.1, 0.15) is 203 Å². The first-order chi connectivity index (χ1) is 51.6. The van der Waals surface area contributed by atoms with Crippen LogP contribution in [-0.2, 0) is 37.5 Å². The van der Waals surface area contributed by atoms with Crippen molar-refractivity contribution < 1.29 is 9.90 Å². The fraction of sp³-hybridized carbons (Fsp3) is 0.298. The number of carboxylic acids is 1. The minimum absolute atomic E-state index is 0.0234.